The molecule has 1 heteroatoms. The minimum absolute atomic E-state index is 0.306. The summed E-state index contributed by atoms with van der Waals surface area (Å²) >= 11 is 0. The van der Waals surface area contributed by atoms with Gasteiger partial charge in [-0.2, -0.15) is 0 Å². The Kier molecular flexibility index (Phi) is 3.56. The summed E-state index contributed by atoms with van der Waals surface area (Å²) in [6.45, 7) is 16.5. The predicted molar refractivity (Wildman–Crippen MR) is 55.8 cm³/mol. The van der Waals surface area contributed by atoms with Crippen LogP contribution in [-0.2, 0) is 0 Å². The van der Waals surface area contributed by atoms with E-state index < -0.39 is 0 Å². The number of nitrogens with zero attached hydrogens (tertiary/aromatic N) is 1. The van der Waals surface area contributed by atoms with E-state index in [-0.39, 0.29) is 0 Å². The van der Waals surface area contributed by atoms with Gasteiger partial charge >= 0.3 is 0 Å². The van der Waals surface area contributed by atoms with Gasteiger partial charge in [0.25, 0.3) is 0 Å². The first-order valence-electron chi connectivity index (χ1n) is 4.31. The zero-order valence-electron chi connectivity index (χ0n) is 9.07. The van der Waals surface area contributed by atoms with Crippen LogP contribution in [0.25, 0.3) is 0 Å². The average Bonchev–Trinajstić information content (AvgIpc) is 1.82. The van der Waals surface area contributed by atoms with Crippen molar-refractivity contribution in [1.29, 1.82) is 0 Å². The quantitative estimate of drug-likeness (QED) is 0.622. The molecule has 0 spiro atoms. The fourth-order valence-corrected chi connectivity index (χ4v) is 1.00. The SMILES string of the molecule is C=C(C)N(C)C(=C)CC(C)(C)C. The predicted octanol–water partition coefficient (Wildman–Crippen LogP) is 3.40. The van der Waals surface area contributed by atoms with E-state index in [1.54, 1.807) is 0 Å². The summed E-state index contributed by atoms with van der Waals surface area (Å²) in [6.07, 6.45) is 1.01. The van der Waals surface area contributed by atoms with Gasteiger partial charge in [0.1, 0.15) is 0 Å². The lowest BCUT2D eigenvalue weighted by Gasteiger charge is -2.27. The highest BCUT2D eigenvalue weighted by Gasteiger charge is 2.14. The van der Waals surface area contributed by atoms with Crippen LogP contribution < -0.4 is 0 Å². The largest absolute Gasteiger partial charge is 0.353 e. The molecule has 12 heavy (non-hydrogen) atoms. The Morgan fingerprint density at radius 2 is 1.67 bits per heavy atom. The van der Waals surface area contributed by atoms with Crippen molar-refractivity contribution in [2.75, 3.05) is 7.05 Å². The third-order valence-corrected chi connectivity index (χ3v) is 1.78. The van der Waals surface area contributed by atoms with Gasteiger partial charge in [-0.05, 0) is 18.8 Å². The lowest BCUT2D eigenvalue weighted by molar-refractivity contribution is 0.359. The molecule has 70 valence electrons. The van der Waals surface area contributed by atoms with Crippen LogP contribution in [0.4, 0.5) is 0 Å². The maximum atomic E-state index is 4.03. The van der Waals surface area contributed by atoms with E-state index in [0.29, 0.717) is 5.41 Å². The molecule has 0 aliphatic heterocycles. The lowest BCUT2D eigenvalue weighted by Crippen LogP contribution is -2.18. The molecule has 0 atom stereocenters. The van der Waals surface area contributed by atoms with Gasteiger partial charge < -0.3 is 4.90 Å². The topological polar surface area (TPSA) is 3.24 Å². The Balaban J connectivity index is 4.15. The van der Waals surface area contributed by atoms with Gasteiger partial charge in [0, 0.05) is 18.4 Å². The highest BCUT2D eigenvalue weighted by atomic mass is 15.1. The Morgan fingerprint density at radius 3 is 1.92 bits per heavy atom. The van der Waals surface area contributed by atoms with Crippen molar-refractivity contribution in [3.05, 3.63) is 24.6 Å². The Hall–Kier alpha value is -0.720. The van der Waals surface area contributed by atoms with Gasteiger partial charge in [0.2, 0.25) is 0 Å². The van der Waals surface area contributed by atoms with E-state index in [2.05, 4.69) is 33.9 Å². The third kappa shape index (κ3) is 4.22. The zero-order chi connectivity index (χ0) is 9.94. The van der Waals surface area contributed by atoms with E-state index in [4.69, 9.17) is 0 Å². The number of rotatable bonds is 3. The summed E-state index contributed by atoms with van der Waals surface area (Å²) in [5.74, 6) is 0. The monoisotopic (exact) mass is 167 g/mol. The highest BCUT2D eigenvalue weighted by molar-refractivity contribution is 5.05. The molecule has 0 amide bonds. The zero-order valence-corrected chi connectivity index (χ0v) is 9.07. The summed E-state index contributed by atoms with van der Waals surface area (Å²) in [6, 6.07) is 0. The van der Waals surface area contributed by atoms with Crippen LogP contribution in [-0.4, -0.2) is 11.9 Å². The van der Waals surface area contributed by atoms with Gasteiger partial charge in [0.05, 0.1) is 0 Å². The van der Waals surface area contributed by atoms with Crippen molar-refractivity contribution >= 4 is 0 Å². The first-order chi connectivity index (χ1) is 5.24. The van der Waals surface area contributed by atoms with E-state index >= 15 is 0 Å². The van der Waals surface area contributed by atoms with Crippen LogP contribution in [0, 0.1) is 5.41 Å². The maximum absolute atomic E-state index is 4.03. The van der Waals surface area contributed by atoms with Gasteiger partial charge in [0.15, 0.2) is 0 Å². The van der Waals surface area contributed by atoms with Gasteiger partial charge in [-0.25, -0.2) is 0 Å². The maximum Gasteiger partial charge on any atom is 0.0111 e. The molecule has 0 saturated carbocycles. The fourth-order valence-electron chi connectivity index (χ4n) is 1.00. The molecular formula is C11H21N. The summed E-state index contributed by atoms with van der Waals surface area (Å²) in [5.41, 5.74) is 2.49. The van der Waals surface area contributed by atoms with Gasteiger partial charge in [-0.15, -0.1) is 0 Å². The smallest absolute Gasteiger partial charge is 0.0111 e. The van der Waals surface area contributed by atoms with Crippen LogP contribution in [0.15, 0.2) is 24.6 Å². The van der Waals surface area contributed by atoms with Crippen LogP contribution in [0.1, 0.15) is 34.1 Å². The minimum atomic E-state index is 0.306. The lowest BCUT2D eigenvalue weighted by atomic mass is 9.90. The van der Waals surface area contributed by atoms with Crippen LogP contribution in [0.5, 0.6) is 0 Å². The summed E-state index contributed by atoms with van der Waals surface area (Å²) in [7, 11) is 2.01. The van der Waals surface area contributed by atoms with E-state index in [1.165, 1.54) is 0 Å². The molecule has 0 aromatic heterocycles. The molecule has 0 aromatic carbocycles. The molecule has 0 heterocycles. The van der Waals surface area contributed by atoms with Crippen molar-refractivity contribution in [3.8, 4) is 0 Å². The van der Waals surface area contributed by atoms with Gasteiger partial charge in [-0.3, -0.25) is 0 Å². The molecule has 1 nitrogen and oxygen atoms in total. The molecule has 0 saturated heterocycles. The Morgan fingerprint density at radius 1 is 1.25 bits per heavy atom. The molecular weight excluding hydrogens is 146 g/mol. The first kappa shape index (κ1) is 11.3. The van der Waals surface area contributed by atoms with E-state index in [0.717, 1.165) is 17.8 Å². The summed E-state index contributed by atoms with van der Waals surface area (Å²) in [5, 5.41) is 0. The van der Waals surface area contributed by atoms with Crippen molar-refractivity contribution in [2.24, 2.45) is 5.41 Å². The molecule has 0 radical (unpaired) electrons. The molecule has 0 aliphatic carbocycles. The molecule has 0 rings (SSSR count). The number of hydrogen-bond donors (Lipinski definition) is 0. The molecule has 0 unspecified atom stereocenters. The summed E-state index contributed by atoms with van der Waals surface area (Å²) < 4.78 is 0. The second kappa shape index (κ2) is 3.79. The first-order valence-corrected chi connectivity index (χ1v) is 4.31. The van der Waals surface area contributed by atoms with E-state index in [9.17, 15) is 0 Å². The number of hydrogen-bond acceptors (Lipinski definition) is 1. The highest BCUT2D eigenvalue weighted by Crippen LogP contribution is 2.25. The van der Waals surface area contributed by atoms with Crippen LogP contribution in [0.3, 0.4) is 0 Å². The van der Waals surface area contributed by atoms with Crippen molar-refractivity contribution in [2.45, 2.75) is 34.1 Å². The number of allylic oxidation sites excluding steroid dienone is 2. The normalized spacial score (nSPS) is 11.1. The minimum Gasteiger partial charge on any atom is -0.353 e. The van der Waals surface area contributed by atoms with Gasteiger partial charge in [-0.1, -0.05) is 33.9 Å². The Bertz CT molecular complexity index is 184. The van der Waals surface area contributed by atoms with Crippen molar-refractivity contribution in [3.63, 3.8) is 0 Å². The second-order valence-electron chi connectivity index (χ2n) is 4.60. The molecule has 0 fully saturated rings. The van der Waals surface area contributed by atoms with Crippen LogP contribution in [0.2, 0.25) is 0 Å². The average molecular weight is 167 g/mol. The fraction of sp³-hybridized carbons (Fsp3) is 0.636. The van der Waals surface area contributed by atoms with Crippen molar-refractivity contribution in [1.82, 2.24) is 4.90 Å². The molecule has 0 bridgehead atoms. The molecule has 0 aromatic rings. The molecule has 0 N–H and O–H groups in total. The molecule has 0 aliphatic rings. The van der Waals surface area contributed by atoms with Crippen LogP contribution >= 0.6 is 0 Å². The van der Waals surface area contributed by atoms with Crippen molar-refractivity contribution < 1.29 is 0 Å². The standard InChI is InChI=1S/C11H21N/c1-9(2)12(7)10(3)8-11(4,5)6/h1,3,8H2,2,4-7H3. The Labute approximate surface area is 76.8 Å². The van der Waals surface area contributed by atoms with E-state index in [1.807, 2.05) is 18.9 Å². The third-order valence-electron chi connectivity index (χ3n) is 1.78. The second-order valence-corrected chi connectivity index (χ2v) is 4.60. The summed E-state index contributed by atoms with van der Waals surface area (Å²) in [4.78, 5) is 2.05.